The molecular formula is C15H32N2O. The van der Waals surface area contributed by atoms with Crippen molar-refractivity contribution in [3.63, 3.8) is 0 Å². The van der Waals surface area contributed by atoms with E-state index in [-0.39, 0.29) is 5.60 Å². The van der Waals surface area contributed by atoms with Gasteiger partial charge in [0.1, 0.15) is 0 Å². The number of rotatable bonds is 6. The topological polar surface area (TPSA) is 24.5 Å². The molecule has 0 aromatic heterocycles. The highest BCUT2D eigenvalue weighted by molar-refractivity contribution is 4.84. The normalized spacial score (nSPS) is 24.2. The van der Waals surface area contributed by atoms with E-state index in [4.69, 9.17) is 4.74 Å². The van der Waals surface area contributed by atoms with Gasteiger partial charge in [0.05, 0.1) is 12.2 Å². The van der Waals surface area contributed by atoms with E-state index in [0.29, 0.717) is 12.1 Å². The van der Waals surface area contributed by atoms with Crippen molar-refractivity contribution in [1.29, 1.82) is 0 Å². The maximum absolute atomic E-state index is 5.86. The van der Waals surface area contributed by atoms with Crippen molar-refractivity contribution in [3.8, 4) is 0 Å². The summed E-state index contributed by atoms with van der Waals surface area (Å²) in [6.07, 6.45) is 4.03. The second-order valence-electron chi connectivity index (χ2n) is 6.41. The summed E-state index contributed by atoms with van der Waals surface area (Å²) in [6.45, 7) is 15.1. The van der Waals surface area contributed by atoms with E-state index in [0.717, 1.165) is 19.7 Å². The molecule has 1 saturated heterocycles. The molecule has 2 atom stereocenters. The SMILES string of the molecule is CCNC(C)C1CCCCN1CCOC(C)(C)C. The molecule has 0 saturated carbocycles. The number of likely N-dealkylation sites (tertiary alicyclic amines) is 1. The van der Waals surface area contributed by atoms with Gasteiger partial charge in [-0.25, -0.2) is 0 Å². The summed E-state index contributed by atoms with van der Waals surface area (Å²) in [5.41, 5.74) is -0.0153. The van der Waals surface area contributed by atoms with E-state index in [1.165, 1.54) is 25.8 Å². The molecule has 1 N–H and O–H groups in total. The van der Waals surface area contributed by atoms with Gasteiger partial charge in [-0.3, -0.25) is 4.90 Å². The van der Waals surface area contributed by atoms with E-state index in [9.17, 15) is 0 Å². The van der Waals surface area contributed by atoms with Crippen LogP contribution in [0.3, 0.4) is 0 Å². The van der Waals surface area contributed by atoms with Crippen molar-refractivity contribution in [2.75, 3.05) is 26.2 Å². The molecule has 0 aliphatic carbocycles. The van der Waals surface area contributed by atoms with Crippen LogP contribution in [0, 0.1) is 0 Å². The van der Waals surface area contributed by atoms with E-state index in [2.05, 4.69) is 44.8 Å². The highest BCUT2D eigenvalue weighted by atomic mass is 16.5. The summed E-state index contributed by atoms with van der Waals surface area (Å²) in [4.78, 5) is 2.61. The molecule has 0 amide bonds. The molecule has 108 valence electrons. The third-order valence-electron chi connectivity index (χ3n) is 3.68. The van der Waals surface area contributed by atoms with E-state index >= 15 is 0 Å². The van der Waals surface area contributed by atoms with Crippen LogP contribution in [0.25, 0.3) is 0 Å². The molecule has 2 unspecified atom stereocenters. The third kappa shape index (κ3) is 5.68. The molecule has 1 heterocycles. The fourth-order valence-corrected chi connectivity index (χ4v) is 2.79. The maximum atomic E-state index is 5.86. The average Bonchev–Trinajstić information content (AvgIpc) is 2.28. The van der Waals surface area contributed by atoms with Gasteiger partial charge in [0.2, 0.25) is 0 Å². The first-order chi connectivity index (χ1) is 8.44. The summed E-state index contributed by atoms with van der Waals surface area (Å²) in [5, 5.41) is 3.57. The van der Waals surface area contributed by atoms with Crippen molar-refractivity contribution < 1.29 is 4.74 Å². The number of nitrogens with one attached hydrogen (secondary N) is 1. The van der Waals surface area contributed by atoms with Crippen molar-refractivity contribution in [2.24, 2.45) is 0 Å². The largest absolute Gasteiger partial charge is 0.375 e. The summed E-state index contributed by atoms with van der Waals surface area (Å²) in [7, 11) is 0. The second kappa shape index (κ2) is 7.46. The molecule has 1 aliphatic heterocycles. The predicted octanol–water partition coefficient (Wildman–Crippen LogP) is 2.65. The van der Waals surface area contributed by atoms with E-state index in [1.54, 1.807) is 0 Å². The Morgan fingerprint density at radius 1 is 1.33 bits per heavy atom. The van der Waals surface area contributed by atoms with Crippen LogP contribution in [0.1, 0.15) is 53.9 Å². The number of piperidine rings is 1. The molecule has 18 heavy (non-hydrogen) atoms. The van der Waals surface area contributed by atoms with Crippen LogP contribution in [0.4, 0.5) is 0 Å². The zero-order valence-corrected chi connectivity index (χ0v) is 13.0. The van der Waals surface area contributed by atoms with Crippen molar-refractivity contribution >= 4 is 0 Å². The molecule has 0 radical (unpaired) electrons. The molecule has 0 aromatic carbocycles. The van der Waals surface area contributed by atoms with Gasteiger partial charge in [0, 0.05) is 18.6 Å². The molecule has 3 heteroatoms. The Morgan fingerprint density at radius 3 is 2.67 bits per heavy atom. The van der Waals surface area contributed by atoms with Gasteiger partial charge in [0.15, 0.2) is 0 Å². The Hall–Kier alpha value is -0.120. The first-order valence-electron chi connectivity index (χ1n) is 7.55. The van der Waals surface area contributed by atoms with Gasteiger partial charge in [0.25, 0.3) is 0 Å². The lowest BCUT2D eigenvalue weighted by atomic mass is 9.96. The van der Waals surface area contributed by atoms with Gasteiger partial charge < -0.3 is 10.1 Å². The predicted molar refractivity (Wildman–Crippen MR) is 78.1 cm³/mol. The van der Waals surface area contributed by atoms with Crippen LogP contribution in [-0.4, -0.2) is 48.8 Å². The van der Waals surface area contributed by atoms with Gasteiger partial charge >= 0.3 is 0 Å². The molecule has 0 bridgehead atoms. The summed E-state index contributed by atoms with van der Waals surface area (Å²) >= 11 is 0. The van der Waals surface area contributed by atoms with Gasteiger partial charge in [-0.2, -0.15) is 0 Å². The molecule has 1 aliphatic rings. The summed E-state index contributed by atoms with van der Waals surface area (Å²) in [6, 6.07) is 1.27. The highest BCUT2D eigenvalue weighted by Crippen LogP contribution is 2.20. The Morgan fingerprint density at radius 2 is 2.06 bits per heavy atom. The molecule has 0 aromatic rings. The number of likely N-dealkylation sites (N-methyl/N-ethyl adjacent to an activating group) is 1. The average molecular weight is 256 g/mol. The van der Waals surface area contributed by atoms with Crippen LogP contribution >= 0.6 is 0 Å². The zero-order valence-electron chi connectivity index (χ0n) is 13.0. The van der Waals surface area contributed by atoms with Crippen LogP contribution in [0.15, 0.2) is 0 Å². The minimum atomic E-state index is -0.0153. The van der Waals surface area contributed by atoms with Crippen LogP contribution in [0.5, 0.6) is 0 Å². The Labute approximate surface area is 113 Å². The fraction of sp³-hybridized carbons (Fsp3) is 1.00. The van der Waals surface area contributed by atoms with E-state index < -0.39 is 0 Å². The van der Waals surface area contributed by atoms with Crippen LogP contribution in [0.2, 0.25) is 0 Å². The lowest BCUT2D eigenvalue weighted by molar-refractivity contribution is -0.0232. The summed E-state index contributed by atoms with van der Waals surface area (Å²) in [5.74, 6) is 0. The molecule has 0 spiro atoms. The number of hydrogen-bond acceptors (Lipinski definition) is 3. The second-order valence-corrected chi connectivity index (χ2v) is 6.41. The fourth-order valence-electron chi connectivity index (χ4n) is 2.79. The molecular weight excluding hydrogens is 224 g/mol. The Kier molecular flexibility index (Phi) is 6.61. The minimum absolute atomic E-state index is 0.0153. The lowest BCUT2D eigenvalue weighted by Crippen LogP contribution is -2.52. The Bertz CT molecular complexity index is 225. The molecule has 1 rings (SSSR count). The van der Waals surface area contributed by atoms with Crippen LogP contribution < -0.4 is 5.32 Å². The Balaban J connectivity index is 2.39. The van der Waals surface area contributed by atoms with Crippen molar-refractivity contribution in [1.82, 2.24) is 10.2 Å². The third-order valence-corrected chi connectivity index (χ3v) is 3.68. The van der Waals surface area contributed by atoms with Gasteiger partial charge in [-0.15, -0.1) is 0 Å². The summed E-state index contributed by atoms with van der Waals surface area (Å²) < 4.78 is 5.86. The first kappa shape index (κ1) is 15.9. The number of hydrogen-bond donors (Lipinski definition) is 1. The number of nitrogens with zero attached hydrogens (tertiary/aromatic N) is 1. The van der Waals surface area contributed by atoms with Gasteiger partial charge in [-0.05, 0) is 53.6 Å². The molecule has 3 nitrogen and oxygen atoms in total. The zero-order chi connectivity index (χ0) is 13.6. The monoisotopic (exact) mass is 256 g/mol. The first-order valence-corrected chi connectivity index (χ1v) is 7.55. The minimum Gasteiger partial charge on any atom is -0.375 e. The highest BCUT2D eigenvalue weighted by Gasteiger charge is 2.26. The van der Waals surface area contributed by atoms with Gasteiger partial charge in [-0.1, -0.05) is 13.3 Å². The van der Waals surface area contributed by atoms with E-state index in [1.807, 2.05) is 0 Å². The molecule has 1 fully saturated rings. The maximum Gasteiger partial charge on any atom is 0.0600 e. The lowest BCUT2D eigenvalue weighted by Gasteiger charge is -2.39. The number of ether oxygens (including phenoxy) is 1. The smallest absolute Gasteiger partial charge is 0.0600 e. The quantitative estimate of drug-likeness (QED) is 0.791. The van der Waals surface area contributed by atoms with Crippen molar-refractivity contribution in [2.45, 2.75) is 71.6 Å². The van der Waals surface area contributed by atoms with Crippen LogP contribution in [-0.2, 0) is 4.74 Å². The van der Waals surface area contributed by atoms with Crippen molar-refractivity contribution in [3.05, 3.63) is 0 Å². The standard InChI is InChI=1S/C15H32N2O/c1-6-16-13(2)14-9-7-8-10-17(14)11-12-18-15(3,4)5/h13-14,16H,6-12H2,1-5H3.